The molecule has 0 bridgehead atoms. The molecule has 0 radical (unpaired) electrons. The molecule has 3 rings (SSSR count). The zero-order chi connectivity index (χ0) is 14.7. The number of amides is 1. The van der Waals surface area contributed by atoms with E-state index in [0.717, 1.165) is 23.9 Å². The van der Waals surface area contributed by atoms with Crippen LogP contribution in [0.15, 0.2) is 47.1 Å². The van der Waals surface area contributed by atoms with Gasteiger partial charge in [-0.15, -0.1) is 0 Å². The third kappa shape index (κ3) is 3.42. The molecule has 1 aliphatic rings. The van der Waals surface area contributed by atoms with Crippen LogP contribution in [-0.2, 0) is 11.2 Å². The van der Waals surface area contributed by atoms with E-state index < -0.39 is 0 Å². The predicted molar refractivity (Wildman–Crippen MR) is 87.5 cm³/mol. The maximum Gasteiger partial charge on any atom is 0.245 e. The van der Waals surface area contributed by atoms with Crippen LogP contribution < -0.4 is 10.2 Å². The number of aryl methyl sites for hydroxylation is 1. The monoisotopic (exact) mass is 345 g/mol. The number of hydrogen-bond donors (Lipinski definition) is 1. The first-order chi connectivity index (χ1) is 10.2. The van der Waals surface area contributed by atoms with Crippen LogP contribution in [0.3, 0.4) is 0 Å². The van der Waals surface area contributed by atoms with E-state index in [4.69, 9.17) is 0 Å². The van der Waals surface area contributed by atoms with Gasteiger partial charge in [-0.25, -0.2) is 4.98 Å². The Balaban J connectivity index is 1.67. The van der Waals surface area contributed by atoms with E-state index in [9.17, 15) is 4.79 Å². The van der Waals surface area contributed by atoms with Gasteiger partial charge in [-0.1, -0.05) is 18.2 Å². The number of rotatable bonds is 3. The Kier molecular flexibility index (Phi) is 4.20. The standard InChI is InChI=1S/C16H16BrN3O/c17-13-7-8-15(18-10-13)19-16(21)11-20-9-3-5-12-4-1-2-6-14(12)20/h1-2,4,6-8,10H,3,5,9,11H2,(H,18,19,21). The number of carbonyl (C=O) groups is 1. The molecule has 1 N–H and O–H groups in total. The number of para-hydroxylation sites is 1. The lowest BCUT2D eigenvalue weighted by Crippen LogP contribution is -2.36. The largest absolute Gasteiger partial charge is 0.362 e. The molecule has 0 spiro atoms. The second-order valence-corrected chi connectivity index (χ2v) is 5.98. The zero-order valence-electron chi connectivity index (χ0n) is 11.6. The average molecular weight is 346 g/mol. The van der Waals surface area contributed by atoms with E-state index in [0.29, 0.717) is 12.4 Å². The molecule has 0 saturated heterocycles. The predicted octanol–water partition coefficient (Wildman–Crippen LogP) is 3.24. The Morgan fingerprint density at radius 3 is 2.95 bits per heavy atom. The van der Waals surface area contributed by atoms with Crippen LogP contribution in [0.5, 0.6) is 0 Å². The van der Waals surface area contributed by atoms with Gasteiger partial charge in [0.05, 0.1) is 6.54 Å². The third-order valence-corrected chi connectivity index (χ3v) is 4.00. The normalized spacial score (nSPS) is 13.7. The number of nitrogens with one attached hydrogen (secondary N) is 1. The first-order valence-corrected chi connectivity index (χ1v) is 7.76. The Labute approximate surface area is 132 Å². The molecule has 0 unspecified atom stereocenters. The Hall–Kier alpha value is -1.88. The van der Waals surface area contributed by atoms with E-state index >= 15 is 0 Å². The molecule has 0 fully saturated rings. The topological polar surface area (TPSA) is 45.2 Å². The number of nitrogens with zero attached hydrogens (tertiary/aromatic N) is 2. The summed E-state index contributed by atoms with van der Waals surface area (Å²) in [5, 5.41) is 2.83. The third-order valence-electron chi connectivity index (χ3n) is 3.54. The van der Waals surface area contributed by atoms with Gasteiger partial charge in [-0.3, -0.25) is 4.79 Å². The van der Waals surface area contributed by atoms with Crippen LogP contribution in [0, 0.1) is 0 Å². The summed E-state index contributed by atoms with van der Waals surface area (Å²) in [6.45, 7) is 1.27. The average Bonchev–Trinajstić information content (AvgIpc) is 2.50. The van der Waals surface area contributed by atoms with Crippen LogP contribution in [0.25, 0.3) is 0 Å². The summed E-state index contributed by atoms with van der Waals surface area (Å²) < 4.78 is 0.894. The smallest absolute Gasteiger partial charge is 0.245 e. The maximum absolute atomic E-state index is 12.2. The zero-order valence-corrected chi connectivity index (χ0v) is 13.1. The van der Waals surface area contributed by atoms with Crippen LogP contribution >= 0.6 is 15.9 Å². The van der Waals surface area contributed by atoms with Crippen molar-refractivity contribution in [2.75, 3.05) is 23.3 Å². The van der Waals surface area contributed by atoms with E-state index in [-0.39, 0.29) is 5.91 Å². The summed E-state index contributed by atoms with van der Waals surface area (Å²) >= 11 is 3.33. The summed E-state index contributed by atoms with van der Waals surface area (Å²) in [5.74, 6) is 0.537. The van der Waals surface area contributed by atoms with E-state index in [1.807, 2.05) is 18.2 Å². The van der Waals surface area contributed by atoms with Gasteiger partial charge in [0.2, 0.25) is 5.91 Å². The van der Waals surface area contributed by atoms with Gasteiger partial charge in [0.1, 0.15) is 5.82 Å². The highest BCUT2D eigenvalue weighted by Crippen LogP contribution is 2.26. The number of pyridine rings is 1. The van der Waals surface area contributed by atoms with Crippen molar-refractivity contribution in [3.8, 4) is 0 Å². The van der Waals surface area contributed by atoms with Crippen LogP contribution in [-0.4, -0.2) is 24.0 Å². The number of carbonyl (C=O) groups excluding carboxylic acids is 1. The van der Waals surface area contributed by atoms with Crippen molar-refractivity contribution in [2.45, 2.75) is 12.8 Å². The van der Waals surface area contributed by atoms with Crippen molar-refractivity contribution in [3.05, 3.63) is 52.6 Å². The number of hydrogen-bond acceptors (Lipinski definition) is 3. The molecule has 2 heterocycles. The molecule has 5 heteroatoms. The van der Waals surface area contributed by atoms with Gasteiger partial charge >= 0.3 is 0 Å². The van der Waals surface area contributed by atoms with Gasteiger partial charge in [0.15, 0.2) is 0 Å². The van der Waals surface area contributed by atoms with Crippen LogP contribution in [0.2, 0.25) is 0 Å². The highest BCUT2D eigenvalue weighted by atomic mass is 79.9. The molecule has 108 valence electrons. The van der Waals surface area contributed by atoms with Crippen LogP contribution in [0.4, 0.5) is 11.5 Å². The maximum atomic E-state index is 12.2. The van der Waals surface area contributed by atoms with Crippen molar-refractivity contribution in [2.24, 2.45) is 0 Å². The van der Waals surface area contributed by atoms with Gasteiger partial charge in [0.25, 0.3) is 0 Å². The van der Waals surface area contributed by atoms with Crippen molar-refractivity contribution in [1.82, 2.24) is 4.98 Å². The second-order valence-electron chi connectivity index (χ2n) is 5.06. The highest BCUT2D eigenvalue weighted by molar-refractivity contribution is 9.10. The van der Waals surface area contributed by atoms with E-state index in [1.165, 1.54) is 11.3 Å². The molecule has 0 saturated carbocycles. The van der Waals surface area contributed by atoms with E-state index in [1.54, 1.807) is 12.3 Å². The first-order valence-electron chi connectivity index (χ1n) is 6.96. The molecule has 1 aliphatic heterocycles. The summed E-state index contributed by atoms with van der Waals surface area (Å²) in [6, 6.07) is 11.9. The van der Waals surface area contributed by atoms with Crippen LogP contribution in [0.1, 0.15) is 12.0 Å². The number of aromatic nitrogens is 1. The summed E-state index contributed by atoms with van der Waals surface area (Å²) in [7, 11) is 0. The number of benzene rings is 1. The van der Waals surface area contributed by atoms with Gasteiger partial charge in [-0.05, 0) is 52.5 Å². The summed E-state index contributed by atoms with van der Waals surface area (Å²) in [5.41, 5.74) is 2.49. The number of fused-ring (bicyclic) bond motifs is 1. The van der Waals surface area contributed by atoms with Crippen molar-refractivity contribution in [3.63, 3.8) is 0 Å². The van der Waals surface area contributed by atoms with Gasteiger partial charge in [0, 0.05) is 22.9 Å². The molecule has 2 aromatic rings. The summed E-state index contributed by atoms with van der Waals surface area (Å²) in [6.07, 6.45) is 3.84. The minimum Gasteiger partial charge on any atom is -0.362 e. The highest BCUT2D eigenvalue weighted by Gasteiger charge is 2.18. The lowest BCUT2D eigenvalue weighted by Gasteiger charge is -2.30. The lowest BCUT2D eigenvalue weighted by atomic mass is 10.0. The Bertz CT molecular complexity index is 642. The van der Waals surface area contributed by atoms with Gasteiger partial charge < -0.3 is 10.2 Å². The van der Waals surface area contributed by atoms with E-state index in [2.05, 4.69) is 43.3 Å². The van der Waals surface area contributed by atoms with Gasteiger partial charge in [-0.2, -0.15) is 0 Å². The lowest BCUT2D eigenvalue weighted by molar-refractivity contribution is -0.115. The number of anilines is 2. The van der Waals surface area contributed by atoms with Crippen molar-refractivity contribution < 1.29 is 4.79 Å². The molecular weight excluding hydrogens is 330 g/mol. The fraction of sp³-hybridized carbons (Fsp3) is 0.250. The molecule has 21 heavy (non-hydrogen) atoms. The van der Waals surface area contributed by atoms with Crippen molar-refractivity contribution in [1.29, 1.82) is 0 Å². The summed E-state index contributed by atoms with van der Waals surface area (Å²) in [4.78, 5) is 18.5. The molecular formula is C16H16BrN3O. The molecule has 4 nitrogen and oxygen atoms in total. The fourth-order valence-corrected chi connectivity index (χ4v) is 2.82. The SMILES string of the molecule is O=C(CN1CCCc2ccccc21)Nc1ccc(Br)cn1. The number of halogens is 1. The quantitative estimate of drug-likeness (QED) is 0.928. The minimum atomic E-state index is -0.0403. The fourth-order valence-electron chi connectivity index (χ4n) is 2.58. The first kappa shape index (κ1) is 14.1. The molecule has 1 aromatic carbocycles. The Morgan fingerprint density at radius 2 is 2.14 bits per heavy atom. The molecule has 1 amide bonds. The second kappa shape index (κ2) is 6.26. The molecule has 0 atom stereocenters. The van der Waals surface area contributed by atoms with Crippen molar-refractivity contribution >= 4 is 33.3 Å². The molecule has 0 aliphatic carbocycles. The minimum absolute atomic E-state index is 0.0403. The molecule has 1 aromatic heterocycles. The Morgan fingerprint density at radius 1 is 1.29 bits per heavy atom.